The number of ether oxygens (including phenoxy) is 1. The molecule has 1 aliphatic heterocycles. The molecular weight excluding hydrogens is 280 g/mol. The van der Waals surface area contributed by atoms with Crippen molar-refractivity contribution >= 4 is 21.6 Å². The molecule has 2 rings (SSSR count). The van der Waals surface area contributed by atoms with Crippen LogP contribution in [0.25, 0.3) is 0 Å². The van der Waals surface area contributed by atoms with E-state index >= 15 is 0 Å². The van der Waals surface area contributed by atoms with Crippen molar-refractivity contribution in [3.8, 4) is 0 Å². The van der Waals surface area contributed by atoms with Gasteiger partial charge in [0.05, 0.1) is 11.6 Å². The third kappa shape index (κ3) is 2.49. The highest BCUT2D eigenvalue weighted by Crippen LogP contribution is 2.32. The molecule has 0 bridgehead atoms. The summed E-state index contributed by atoms with van der Waals surface area (Å²) in [5.41, 5.74) is 8.12. The van der Waals surface area contributed by atoms with Gasteiger partial charge in [-0.05, 0) is 53.9 Å². The molecule has 17 heavy (non-hydrogen) atoms. The molecule has 1 heterocycles. The molecule has 1 saturated heterocycles. The second-order valence-electron chi connectivity index (χ2n) is 4.73. The van der Waals surface area contributed by atoms with Crippen LogP contribution in [0.1, 0.15) is 18.9 Å². The largest absolute Gasteiger partial charge is 0.376 e. The minimum Gasteiger partial charge on any atom is -0.376 e. The molecule has 0 aliphatic carbocycles. The van der Waals surface area contributed by atoms with Crippen molar-refractivity contribution < 1.29 is 4.74 Å². The SMILES string of the molecule is Cc1ccc(Br)c(NC2(CN)CCOC2C)c1. The molecule has 3 N–H and O–H groups in total. The number of aryl methyl sites for hydroxylation is 1. The second kappa shape index (κ2) is 4.96. The van der Waals surface area contributed by atoms with Gasteiger partial charge in [0.1, 0.15) is 0 Å². The second-order valence-corrected chi connectivity index (χ2v) is 5.59. The van der Waals surface area contributed by atoms with Crippen LogP contribution in [0.5, 0.6) is 0 Å². The number of halogens is 1. The van der Waals surface area contributed by atoms with E-state index in [1.54, 1.807) is 0 Å². The number of nitrogens with one attached hydrogen (secondary N) is 1. The van der Waals surface area contributed by atoms with E-state index in [-0.39, 0.29) is 11.6 Å². The van der Waals surface area contributed by atoms with Crippen LogP contribution in [0, 0.1) is 6.92 Å². The maximum absolute atomic E-state index is 5.94. The van der Waals surface area contributed by atoms with Crippen LogP contribution < -0.4 is 11.1 Å². The lowest BCUT2D eigenvalue weighted by atomic mass is 9.91. The van der Waals surface area contributed by atoms with E-state index < -0.39 is 0 Å². The molecule has 94 valence electrons. The topological polar surface area (TPSA) is 47.3 Å². The Morgan fingerprint density at radius 2 is 2.35 bits per heavy atom. The molecule has 4 heteroatoms. The van der Waals surface area contributed by atoms with E-state index in [0.29, 0.717) is 6.54 Å². The molecule has 0 radical (unpaired) electrons. The highest BCUT2D eigenvalue weighted by Gasteiger charge is 2.40. The van der Waals surface area contributed by atoms with Gasteiger partial charge >= 0.3 is 0 Å². The predicted molar refractivity (Wildman–Crippen MR) is 74.3 cm³/mol. The van der Waals surface area contributed by atoms with Crippen LogP contribution in [-0.4, -0.2) is 24.8 Å². The molecule has 0 saturated carbocycles. The van der Waals surface area contributed by atoms with Gasteiger partial charge in [0.2, 0.25) is 0 Å². The monoisotopic (exact) mass is 298 g/mol. The normalized spacial score (nSPS) is 28.4. The lowest BCUT2D eigenvalue weighted by Gasteiger charge is -2.33. The zero-order valence-corrected chi connectivity index (χ0v) is 11.9. The predicted octanol–water partition coefficient (Wildman–Crippen LogP) is 2.68. The minimum absolute atomic E-state index is 0.139. The molecule has 0 amide bonds. The Bertz CT molecular complexity index is 410. The van der Waals surface area contributed by atoms with E-state index in [2.05, 4.69) is 53.3 Å². The van der Waals surface area contributed by atoms with Crippen LogP contribution >= 0.6 is 15.9 Å². The Hall–Kier alpha value is -0.580. The van der Waals surface area contributed by atoms with Gasteiger partial charge in [0.15, 0.2) is 0 Å². The van der Waals surface area contributed by atoms with Crippen LogP contribution in [0.3, 0.4) is 0 Å². The minimum atomic E-state index is -0.143. The third-order valence-electron chi connectivity index (χ3n) is 3.56. The van der Waals surface area contributed by atoms with Crippen LogP contribution in [0.15, 0.2) is 22.7 Å². The van der Waals surface area contributed by atoms with Crippen molar-refractivity contribution in [2.75, 3.05) is 18.5 Å². The summed E-state index contributed by atoms with van der Waals surface area (Å²) in [6.07, 6.45) is 1.09. The average Bonchev–Trinajstić information content (AvgIpc) is 2.66. The molecule has 1 aromatic rings. The molecule has 2 unspecified atom stereocenters. The summed E-state index contributed by atoms with van der Waals surface area (Å²) in [5.74, 6) is 0. The van der Waals surface area contributed by atoms with Crippen LogP contribution in [0.2, 0.25) is 0 Å². The van der Waals surface area contributed by atoms with Gasteiger partial charge in [-0.25, -0.2) is 0 Å². The molecule has 1 fully saturated rings. The van der Waals surface area contributed by atoms with E-state index in [9.17, 15) is 0 Å². The first kappa shape index (κ1) is 12.9. The number of hydrogen-bond acceptors (Lipinski definition) is 3. The fourth-order valence-electron chi connectivity index (χ4n) is 2.27. The Kier molecular flexibility index (Phi) is 3.76. The number of benzene rings is 1. The Balaban J connectivity index is 2.27. The number of hydrogen-bond donors (Lipinski definition) is 2. The summed E-state index contributed by atoms with van der Waals surface area (Å²) in [6, 6.07) is 6.27. The average molecular weight is 299 g/mol. The fourth-order valence-corrected chi connectivity index (χ4v) is 2.61. The van der Waals surface area contributed by atoms with Crippen molar-refractivity contribution in [1.29, 1.82) is 0 Å². The maximum Gasteiger partial charge on any atom is 0.0789 e. The summed E-state index contributed by atoms with van der Waals surface area (Å²) in [4.78, 5) is 0. The van der Waals surface area contributed by atoms with Crippen molar-refractivity contribution in [1.82, 2.24) is 0 Å². The van der Waals surface area contributed by atoms with Gasteiger partial charge in [-0.1, -0.05) is 6.07 Å². The van der Waals surface area contributed by atoms with E-state index in [1.165, 1.54) is 5.56 Å². The van der Waals surface area contributed by atoms with E-state index in [0.717, 1.165) is 23.2 Å². The highest BCUT2D eigenvalue weighted by atomic mass is 79.9. The van der Waals surface area contributed by atoms with Crippen molar-refractivity contribution in [2.24, 2.45) is 5.73 Å². The Morgan fingerprint density at radius 3 is 2.94 bits per heavy atom. The Labute approximate surface area is 111 Å². The lowest BCUT2D eigenvalue weighted by molar-refractivity contribution is 0.103. The zero-order valence-electron chi connectivity index (χ0n) is 10.3. The molecule has 0 spiro atoms. The quantitative estimate of drug-likeness (QED) is 0.902. The molecular formula is C13H19BrN2O. The highest BCUT2D eigenvalue weighted by molar-refractivity contribution is 9.10. The summed E-state index contributed by atoms with van der Waals surface area (Å²) < 4.78 is 6.71. The summed E-state index contributed by atoms with van der Waals surface area (Å²) in [7, 11) is 0. The van der Waals surface area contributed by atoms with Crippen molar-refractivity contribution in [3.63, 3.8) is 0 Å². The zero-order chi connectivity index (χ0) is 12.5. The molecule has 1 aromatic carbocycles. The first-order valence-electron chi connectivity index (χ1n) is 5.93. The van der Waals surface area contributed by atoms with Crippen LogP contribution in [-0.2, 0) is 4.74 Å². The lowest BCUT2D eigenvalue weighted by Crippen LogP contribution is -2.50. The van der Waals surface area contributed by atoms with E-state index in [1.807, 2.05) is 0 Å². The molecule has 3 nitrogen and oxygen atoms in total. The van der Waals surface area contributed by atoms with E-state index in [4.69, 9.17) is 10.5 Å². The first-order valence-corrected chi connectivity index (χ1v) is 6.73. The summed E-state index contributed by atoms with van der Waals surface area (Å²) in [6.45, 7) is 5.52. The number of nitrogens with two attached hydrogens (primary N) is 1. The molecule has 1 aliphatic rings. The first-order chi connectivity index (χ1) is 8.07. The Morgan fingerprint density at radius 1 is 1.59 bits per heavy atom. The van der Waals surface area contributed by atoms with Crippen molar-refractivity contribution in [3.05, 3.63) is 28.2 Å². The number of anilines is 1. The third-order valence-corrected chi connectivity index (χ3v) is 4.26. The summed E-state index contributed by atoms with van der Waals surface area (Å²) >= 11 is 3.57. The van der Waals surface area contributed by atoms with Gasteiger partial charge in [-0.2, -0.15) is 0 Å². The number of rotatable bonds is 3. The molecule has 2 atom stereocenters. The fraction of sp³-hybridized carbons (Fsp3) is 0.538. The van der Waals surface area contributed by atoms with Gasteiger partial charge < -0.3 is 15.8 Å². The maximum atomic E-state index is 5.94. The van der Waals surface area contributed by atoms with Gasteiger partial charge in [0, 0.05) is 23.3 Å². The smallest absolute Gasteiger partial charge is 0.0789 e. The van der Waals surface area contributed by atoms with Crippen LogP contribution in [0.4, 0.5) is 5.69 Å². The van der Waals surface area contributed by atoms with Gasteiger partial charge in [0.25, 0.3) is 0 Å². The molecule has 0 aromatic heterocycles. The standard InChI is InChI=1S/C13H19BrN2O/c1-9-3-4-11(14)12(7-9)16-13(8-15)5-6-17-10(13)2/h3-4,7,10,16H,5-6,8,15H2,1-2H3. The van der Waals surface area contributed by atoms with Crippen molar-refractivity contribution in [2.45, 2.75) is 31.9 Å². The summed E-state index contributed by atoms with van der Waals surface area (Å²) in [5, 5.41) is 3.57. The van der Waals surface area contributed by atoms with Gasteiger partial charge in [-0.3, -0.25) is 0 Å². The van der Waals surface area contributed by atoms with Gasteiger partial charge in [-0.15, -0.1) is 0 Å².